The monoisotopic (exact) mass is 486 g/mol. The Bertz CT molecular complexity index is 1080. The first kappa shape index (κ1) is 23.1. The van der Waals surface area contributed by atoms with E-state index in [4.69, 9.17) is 21.4 Å². The van der Waals surface area contributed by atoms with Crippen LogP contribution in [0.5, 0.6) is 5.75 Å². The molecule has 0 aliphatic carbocycles. The van der Waals surface area contributed by atoms with Gasteiger partial charge in [-0.05, 0) is 56.0 Å². The number of fused-ring (bicyclic) bond motifs is 1. The Morgan fingerprint density at radius 2 is 2.03 bits per heavy atom. The number of likely N-dealkylation sites (tertiary alicyclic amines) is 1. The summed E-state index contributed by atoms with van der Waals surface area (Å²) in [5, 5.41) is 14.5. The van der Waals surface area contributed by atoms with E-state index in [0.29, 0.717) is 24.5 Å². The number of halogens is 1. The summed E-state index contributed by atoms with van der Waals surface area (Å²) >= 11 is 6.61. The number of hydrogen-bond donors (Lipinski definition) is 3. The number of rotatable bonds is 6. The number of carbonyl (C=O) groups excluding carboxylic acids is 2. The number of anilines is 1. The minimum Gasteiger partial charge on any atom is -0.495 e. The van der Waals surface area contributed by atoms with Crippen molar-refractivity contribution in [2.24, 2.45) is 0 Å². The lowest BCUT2D eigenvalue weighted by atomic mass is 9.89. The quantitative estimate of drug-likeness (QED) is 0.538. The van der Waals surface area contributed by atoms with Crippen molar-refractivity contribution in [1.29, 1.82) is 0 Å². The van der Waals surface area contributed by atoms with Gasteiger partial charge in [0.15, 0.2) is 0 Å². The Balaban J connectivity index is 1.20. The molecule has 3 aliphatic rings. The van der Waals surface area contributed by atoms with Gasteiger partial charge in [0.25, 0.3) is 0 Å². The third-order valence-electron chi connectivity index (χ3n) is 7.08. The highest BCUT2D eigenvalue weighted by Crippen LogP contribution is 2.35. The van der Waals surface area contributed by atoms with Gasteiger partial charge in [0.2, 0.25) is 11.8 Å². The zero-order valence-corrected chi connectivity index (χ0v) is 20.2. The molecule has 0 radical (unpaired) electrons. The van der Waals surface area contributed by atoms with Crippen molar-refractivity contribution in [3.8, 4) is 5.75 Å². The number of methoxy groups -OCH3 is 1. The number of benzene rings is 1. The van der Waals surface area contributed by atoms with Gasteiger partial charge >= 0.3 is 0 Å². The van der Waals surface area contributed by atoms with Crippen molar-refractivity contribution in [2.75, 3.05) is 32.1 Å². The van der Waals surface area contributed by atoms with Crippen molar-refractivity contribution in [3.05, 3.63) is 40.2 Å². The van der Waals surface area contributed by atoms with Gasteiger partial charge in [0.1, 0.15) is 11.8 Å². The van der Waals surface area contributed by atoms with E-state index >= 15 is 0 Å². The van der Waals surface area contributed by atoms with E-state index in [0.717, 1.165) is 74.2 Å². The normalized spacial score (nSPS) is 21.8. The van der Waals surface area contributed by atoms with Gasteiger partial charge in [-0.15, -0.1) is 0 Å². The molecule has 4 heterocycles. The van der Waals surface area contributed by atoms with E-state index in [1.54, 1.807) is 7.11 Å². The molecule has 3 N–H and O–H groups in total. The molecule has 2 amide bonds. The van der Waals surface area contributed by atoms with E-state index < -0.39 is 6.04 Å². The molecule has 9 nitrogen and oxygen atoms in total. The fourth-order valence-corrected chi connectivity index (χ4v) is 5.37. The number of amides is 2. The summed E-state index contributed by atoms with van der Waals surface area (Å²) in [5.41, 5.74) is 4.08. The van der Waals surface area contributed by atoms with Crippen LogP contribution in [0.3, 0.4) is 0 Å². The molecule has 10 heteroatoms. The number of aromatic nitrogens is 2. The average Bonchev–Trinajstić information content (AvgIpc) is 3.16. The lowest BCUT2D eigenvalue weighted by molar-refractivity contribution is -0.133. The number of ether oxygens (including phenoxy) is 1. The lowest BCUT2D eigenvalue weighted by Gasteiger charge is -2.32. The van der Waals surface area contributed by atoms with Gasteiger partial charge in [-0.1, -0.05) is 17.7 Å². The number of piperidine rings is 2. The second-order valence-corrected chi connectivity index (χ2v) is 9.64. The van der Waals surface area contributed by atoms with Gasteiger partial charge in [0.05, 0.1) is 35.8 Å². The Morgan fingerprint density at radius 1 is 1.21 bits per heavy atom. The summed E-state index contributed by atoms with van der Waals surface area (Å²) in [5.74, 6) is 0.659. The van der Waals surface area contributed by atoms with Crippen LogP contribution in [0.1, 0.15) is 48.6 Å². The van der Waals surface area contributed by atoms with Gasteiger partial charge < -0.3 is 15.4 Å². The molecule has 2 saturated heterocycles. The van der Waals surface area contributed by atoms with Gasteiger partial charge in [-0.2, -0.15) is 5.10 Å². The van der Waals surface area contributed by atoms with E-state index in [1.807, 2.05) is 10.7 Å². The molecule has 2 fully saturated rings. The van der Waals surface area contributed by atoms with Gasteiger partial charge in [-0.25, -0.2) is 0 Å². The molecule has 5 rings (SSSR count). The highest BCUT2D eigenvalue weighted by Gasteiger charge is 2.28. The molecule has 1 aromatic carbocycles. The second kappa shape index (κ2) is 9.93. The predicted molar refractivity (Wildman–Crippen MR) is 129 cm³/mol. The number of hydrogen-bond acceptors (Lipinski definition) is 7. The molecule has 0 spiro atoms. The third-order valence-corrected chi connectivity index (χ3v) is 7.52. The first-order valence-corrected chi connectivity index (χ1v) is 12.3. The Kier molecular flexibility index (Phi) is 6.76. The summed E-state index contributed by atoms with van der Waals surface area (Å²) < 4.78 is 7.67. The highest BCUT2D eigenvalue weighted by molar-refractivity contribution is 6.31. The summed E-state index contributed by atoms with van der Waals surface area (Å²) in [4.78, 5) is 25.9. The first-order chi connectivity index (χ1) is 16.5. The number of imide groups is 1. The minimum absolute atomic E-state index is 0.219. The van der Waals surface area contributed by atoms with Gasteiger partial charge in [-0.3, -0.25) is 24.5 Å². The fraction of sp³-hybridized carbons (Fsp3) is 0.542. The fourth-order valence-electron chi connectivity index (χ4n) is 5.11. The molecule has 2 aromatic rings. The summed E-state index contributed by atoms with van der Waals surface area (Å²) in [6, 6.07) is 5.73. The van der Waals surface area contributed by atoms with Crippen LogP contribution in [0.25, 0.3) is 0 Å². The van der Waals surface area contributed by atoms with Crippen LogP contribution in [0.4, 0.5) is 5.69 Å². The molecule has 0 saturated carbocycles. The van der Waals surface area contributed by atoms with E-state index in [1.165, 1.54) is 5.56 Å². The van der Waals surface area contributed by atoms with Crippen LogP contribution in [0.2, 0.25) is 5.02 Å². The molecule has 1 unspecified atom stereocenters. The van der Waals surface area contributed by atoms with Crippen molar-refractivity contribution in [1.82, 2.24) is 25.3 Å². The maximum atomic E-state index is 12.1. The van der Waals surface area contributed by atoms with Crippen LogP contribution in [-0.2, 0) is 29.2 Å². The van der Waals surface area contributed by atoms with E-state index in [2.05, 4.69) is 33.0 Å². The maximum absolute atomic E-state index is 12.1. The van der Waals surface area contributed by atoms with Crippen LogP contribution in [0.15, 0.2) is 18.2 Å². The Labute approximate surface area is 204 Å². The topological polar surface area (TPSA) is 101 Å². The minimum atomic E-state index is -0.433. The van der Waals surface area contributed by atoms with Crippen LogP contribution in [0, 0.1) is 0 Å². The highest BCUT2D eigenvalue weighted by atomic mass is 35.5. The predicted octanol–water partition coefficient (Wildman–Crippen LogP) is 2.24. The standard InChI is InChI=1S/C24H31ClN6O3/c1-34-21-12-16(2-3-17(21)27-18-4-5-22(32)28-24(18)33)15-6-9-30(10-7-15)14-19-23(25)20-13-26-8-11-31(20)29-19/h2-3,12,15,18,26-27H,4-11,13-14H2,1H3,(H,28,32,33). The van der Waals surface area contributed by atoms with Crippen molar-refractivity contribution in [2.45, 2.75) is 57.3 Å². The zero-order valence-electron chi connectivity index (χ0n) is 19.4. The SMILES string of the molecule is COc1cc(C2CCN(Cc3nn4c(c3Cl)CNCC4)CC2)ccc1NC1CCC(=O)NC1=O. The summed E-state index contributed by atoms with van der Waals surface area (Å²) in [6.45, 7) is 5.34. The second-order valence-electron chi connectivity index (χ2n) is 9.27. The largest absolute Gasteiger partial charge is 0.495 e. The molecule has 0 bridgehead atoms. The molecule has 3 aliphatic heterocycles. The zero-order chi connectivity index (χ0) is 23.7. The molecule has 34 heavy (non-hydrogen) atoms. The van der Waals surface area contributed by atoms with Crippen LogP contribution < -0.4 is 20.7 Å². The van der Waals surface area contributed by atoms with Crippen molar-refractivity contribution in [3.63, 3.8) is 0 Å². The van der Waals surface area contributed by atoms with E-state index in [9.17, 15) is 9.59 Å². The molecule has 182 valence electrons. The van der Waals surface area contributed by atoms with E-state index in [-0.39, 0.29) is 11.8 Å². The number of nitrogens with zero attached hydrogens (tertiary/aromatic N) is 3. The van der Waals surface area contributed by atoms with Crippen LogP contribution in [-0.4, -0.2) is 59.3 Å². The van der Waals surface area contributed by atoms with Crippen molar-refractivity contribution >= 4 is 29.1 Å². The smallest absolute Gasteiger partial charge is 0.249 e. The number of carbonyl (C=O) groups is 2. The maximum Gasteiger partial charge on any atom is 0.249 e. The Hall–Kier alpha value is -2.62. The molecular formula is C24H31ClN6O3. The van der Waals surface area contributed by atoms with Crippen LogP contribution >= 0.6 is 11.6 Å². The number of nitrogens with one attached hydrogen (secondary N) is 3. The molecule has 1 atom stereocenters. The lowest BCUT2D eigenvalue weighted by Crippen LogP contribution is -2.47. The first-order valence-electron chi connectivity index (χ1n) is 12.0. The Morgan fingerprint density at radius 3 is 2.76 bits per heavy atom. The third kappa shape index (κ3) is 4.78. The average molecular weight is 487 g/mol. The van der Waals surface area contributed by atoms with Crippen molar-refractivity contribution < 1.29 is 14.3 Å². The molecule has 1 aromatic heterocycles. The summed E-state index contributed by atoms with van der Waals surface area (Å²) in [7, 11) is 1.64. The molecular weight excluding hydrogens is 456 g/mol. The van der Waals surface area contributed by atoms with Gasteiger partial charge in [0, 0.05) is 26.1 Å². The summed E-state index contributed by atoms with van der Waals surface area (Å²) in [6.07, 6.45) is 2.92.